The summed E-state index contributed by atoms with van der Waals surface area (Å²) in [6.07, 6.45) is 2.49. The zero-order valence-corrected chi connectivity index (χ0v) is 12.4. The van der Waals surface area contributed by atoms with Gasteiger partial charge in [0.05, 0.1) is 20.3 Å². The first-order valence-corrected chi connectivity index (χ1v) is 6.76. The number of ether oxygens (including phenoxy) is 2. The monoisotopic (exact) mass is 284 g/mol. The molecule has 0 aliphatic carbocycles. The van der Waals surface area contributed by atoms with Crippen LogP contribution in [0.2, 0.25) is 0 Å². The lowest BCUT2D eigenvalue weighted by Gasteiger charge is -2.24. The molecule has 7 nitrogen and oxygen atoms in total. The molecule has 20 heavy (non-hydrogen) atoms. The first kappa shape index (κ1) is 16.5. The van der Waals surface area contributed by atoms with Crippen molar-refractivity contribution in [3.63, 3.8) is 0 Å². The second-order valence-electron chi connectivity index (χ2n) is 4.21. The Morgan fingerprint density at radius 1 is 1.30 bits per heavy atom. The second kappa shape index (κ2) is 9.33. The zero-order chi connectivity index (χ0) is 14.8. The Kier molecular flexibility index (Phi) is 7.67. The van der Waals surface area contributed by atoms with Gasteiger partial charge in [0.25, 0.3) is 0 Å². The third kappa shape index (κ3) is 4.50. The van der Waals surface area contributed by atoms with Crippen molar-refractivity contribution in [2.75, 3.05) is 57.3 Å². The van der Waals surface area contributed by atoms with Gasteiger partial charge in [0, 0.05) is 26.7 Å². The van der Waals surface area contributed by atoms with Crippen LogP contribution in [-0.2, 0) is 4.74 Å². The molecule has 0 amide bonds. The van der Waals surface area contributed by atoms with Crippen LogP contribution in [0.5, 0.6) is 5.75 Å². The van der Waals surface area contributed by atoms with Crippen LogP contribution in [0.3, 0.4) is 0 Å². The van der Waals surface area contributed by atoms with Gasteiger partial charge in [-0.3, -0.25) is 0 Å². The van der Waals surface area contributed by atoms with Gasteiger partial charge in [-0.2, -0.15) is 0 Å². The minimum atomic E-state index is 0.0363. The molecule has 0 fully saturated rings. The van der Waals surface area contributed by atoms with Crippen LogP contribution in [0.15, 0.2) is 6.33 Å². The number of hydrogen-bond donors (Lipinski definition) is 2. The number of aliphatic hydroxyl groups excluding tert-OH is 1. The van der Waals surface area contributed by atoms with Crippen molar-refractivity contribution in [1.29, 1.82) is 0 Å². The van der Waals surface area contributed by atoms with E-state index in [0.717, 1.165) is 13.0 Å². The highest BCUT2D eigenvalue weighted by Crippen LogP contribution is 2.31. The van der Waals surface area contributed by atoms with Gasteiger partial charge in [0.15, 0.2) is 11.6 Å². The van der Waals surface area contributed by atoms with Gasteiger partial charge in [-0.25, -0.2) is 9.97 Å². The molecular weight excluding hydrogens is 260 g/mol. The topological polar surface area (TPSA) is 79.7 Å². The van der Waals surface area contributed by atoms with Crippen molar-refractivity contribution >= 4 is 11.6 Å². The smallest absolute Gasteiger partial charge is 0.204 e. The fourth-order valence-corrected chi connectivity index (χ4v) is 1.79. The fraction of sp³-hybridized carbons (Fsp3) is 0.692. The Morgan fingerprint density at radius 3 is 2.70 bits per heavy atom. The van der Waals surface area contributed by atoms with Crippen LogP contribution in [0.4, 0.5) is 11.6 Å². The van der Waals surface area contributed by atoms with Crippen molar-refractivity contribution < 1.29 is 14.6 Å². The van der Waals surface area contributed by atoms with Crippen molar-refractivity contribution in [2.24, 2.45) is 0 Å². The van der Waals surface area contributed by atoms with E-state index in [2.05, 4.69) is 22.2 Å². The Morgan fingerprint density at radius 2 is 2.10 bits per heavy atom. The SMILES string of the molecule is CCCNc1ncnc(N(CCO)CCOC)c1OC. The lowest BCUT2D eigenvalue weighted by atomic mass is 10.3. The first-order chi connectivity index (χ1) is 9.78. The predicted octanol–water partition coefficient (Wildman–Crippen LogP) is 0.752. The number of aliphatic hydroxyl groups is 1. The molecule has 1 heterocycles. The van der Waals surface area contributed by atoms with Gasteiger partial charge in [-0.05, 0) is 6.42 Å². The Labute approximate surface area is 119 Å². The van der Waals surface area contributed by atoms with Gasteiger partial charge in [0.2, 0.25) is 5.75 Å². The summed E-state index contributed by atoms with van der Waals surface area (Å²) in [5.74, 6) is 1.91. The summed E-state index contributed by atoms with van der Waals surface area (Å²) in [5.41, 5.74) is 0. The standard InChI is InChI=1S/C13H24N4O3/c1-4-5-14-12-11(20-3)13(16-10-15-12)17(6-8-18)7-9-19-2/h10,18H,4-9H2,1-3H3,(H,14,15,16). The molecule has 0 saturated carbocycles. The lowest BCUT2D eigenvalue weighted by molar-refractivity contribution is 0.202. The third-order valence-electron chi connectivity index (χ3n) is 2.77. The number of aromatic nitrogens is 2. The van der Waals surface area contributed by atoms with E-state index < -0.39 is 0 Å². The summed E-state index contributed by atoms with van der Waals surface area (Å²) in [6.45, 7) is 4.56. The minimum absolute atomic E-state index is 0.0363. The number of nitrogens with one attached hydrogen (secondary N) is 1. The van der Waals surface area contributed by atoms with Crippen molar-refractivity contribution in [3.8, 4) is 5.75 Å². The number of hydrogen-bond acceptors (Lipinski definition) is 7. The fourth-order valence-electron chi connectivity index (χ4n) is 1.79. The molecule has 114 valence electrons. The Balaban J connectivity index is 2.99. The second-order valence-corrected chi connectivity index (χ2v) is 4.21. The van der Waals surface area contributed by atoms with E-state index in [4.69, 9.17) is 9.47 Å². The molecule has 0 aliphatic rings. The summed E-state index contributed by atoms with van der Waals surface area (Å²) in [6, 6.07) is 0. The van der Waals surface area contributed by atoms with E-state index >= 15 is 0 Å². The van der Waals surface area contributed by atoms with Crippen molar-refractivity contribution in [2.45, 2.75) is 13.3 Å². The van der Waals surface area contributed by atoms with Crippen LogP contribution in [0.25, 0.3) is 0 Å². The maximum absolute atomic E-state index is 9.19. The molecule has 0 atom stereocenters. The Hall–Kier alpha value is -1.60. The van der Waals surface area contributed by atoms with Crippen molar-refractivity contribution in [3.05, 3.63) is 6.33 Å². The Bertz CT molecular complexity index is 390. The molecular formula is C13H24N4O3. The summed E-state index contributed by atoms with van der Waals surface area (Å²) in [5, 5.41) is 12.4. The quantitative estimate of drug-likeness (QED) is 0.656. The number of nitrogens with zero attached hydrogens (tertiary/aromatic N) is 3. The molecule has 2 N–H and O–H groups in total. The van der Waals surface area contributed by atoms with Crippen LogP contribution in [0.1, 0.15) is 13.3 Å². The molecule has 0 aromatic carbocycles. The van der Waals surface area contributed by atoms with E-state index in [1.165, 1.54) is 6.33 Å². The van der Waals surface area contributed by atoms with Gasteiger partial charge >= 0.3 is 0 Å². The van der Waals surface area contributed by atoms with Crippen LogP contribution in [-0.4, -0.2) is 62.1 Å². The van der Waals surface area contributed by atoms with E-state index in [0.29, 0.717) is 37.1 Å². The summed E-state index contributed by atoms with van der Waals surface area (Å²) < 4.78 is 10.5. The summed E-state index contributed by atoms with van der Waals surface area (Å²) in [4.78, 5) is 10.4. The zero-order valence-electron chi connectivity index (χ0n) is 12.4. The largest absolute Gasteiger partial charge is 0.490 e. The average molecular weight is 284 g/mol. The molecule has 0 saturated heterocycles. The lowest BCUT2D eigenvalue weighted by Crippen LogP contribution is -2.31. The molecule has 1 rings (SSSR count). The maximum atomic E-state index is 9.19. The highest BCUT2D eigenvalue weighted by atomic mass is 16.5. The number of methoxy groups -OCH3 is 2. The molecule has 1 aromatic rings. The third-order valence-corrected chi connectivity index (χ3v) is 2.77. The summed E-state index contributed by atoms with van der Waals surface area (Å²) in [7, 11) is 3.23. The van der Waals surface area contributed by atoms with Gasteiger partial charge in [-0.15, -0.1) is 0 Å². The van der Waals surface area contributed by atoms with E-state index in [9.17, 15) is 5.11 Å². The highest BCUT2D eigenvalue weighted by Gasteiger charge is 2.17. The molecule has 0 aliphatic heterocycles. The van der Waals surface area contributed by atoms with Gasteiger partial charge < -0.3 is 24.8 Å². The van der Waals surface area contributed by atoms with E-state index in [-0.39, 0.29) is 6.61 Å². The molecule has 0 radical (unpaired) electrons. The highest BCUT2D eigenvalue weighted by molar-refractivity contribution is 5.64. The summed E-state index contributed by atoms with van der Waals surface area (Å²) >= 11 is 0. The first-order valence-electron chi connectivity index (χ1n) is 6.76. The van der Waals surface area contributed by atoms with E-state index in [1.807, 2.05) is 4.90 Å². The molecule has 0 spiro atoms. The van der Waals surface area contributed by atoms with Crippen LogP contribution in [0, 0.1) is 0 Å². The van der Waals surface area contributed by atoms with E-state index in [1.54, 1.807) is 14.2 Å². The van der Waals surface area contributed by atoms with Crippen LogP contribution >= 0.6 is 0 Å². The normalized spacial score (nSPS) is 10.4. The molecule has 1 aromatic heterocycles. The average Bonchev–Trinajstić information content (AvgIpc) is 2.48. The molecule has 0 bridgehead atoms. The maximum Gasteiger partial charge on any atom is 0.204 e. The molecule has 0 unspecified atom stereocenters. The van der Waals surface area contributed by atoms with Crippen molar-refractivity contribution in [1.82, 2.24) is 9.97 Å². The minimum Gasteiger partial charge on any atom is -0.490 e. The predicted molar refractivity (Wildman–Crippen MR) is 78.5 cm³/mol. The van der Waals surface area contributed by atoms with Crippen LogP contribution < -0.4 is 15.0 Å². The van der Waals surface area contributed by atoms with Gasteiger partial charge in [0.1, 0.15) is 6.33 Å². The molecule has 7 heteroatoms. The number of rotatable bonds is 10. The number of anilines is 2. The van der Waals surface area contributed by atoms with Gasteiger partial charge in [-0.1, -0.05) is 6.92 Å².